The van der Waals surface area contributed by atoms with Crippen molar-refractivity contribution in [2.45, 2.75) is 37.7 Å². The molecule has 5 heteroatoms. The summed E-state index contributed by atoms with van der Waals surface area (Å²) in [4.78, 5) is 22.2. The number of carbonyl (C=O) groups excluding carboxylic acids is 1. The van der Waals surface area contributed by atoms with Crippen molar-refractivity contribution in [1.29, 1.82) is 0 Å². The molecule has 0 unspecified atom stereocenters. The van der Waals surface area contributed by atoms with Crippen molar-refractivity contribution >= 4 is 16.8 Å². The average Bonchev–Trinajstić information content (AvgIpc) is 3.38. The molecule has 0 N–H and O–H groups in total. The van der Waals surface area contributed by atoms with Gasteiger partial charge in [0, 0.05) is 31.2 Å². The van der Waals surface area contributed by atoms with Gasteiger partial charge in [-0.3, -0.25) is 9.78 Å². The first-order valence-electron chi connectivity index (χ1n) is 10.7. The van der Waals surface area contributed by atoms with E-state index in [0.717, 1.165) is 56.4 Å². The molecule has 5 nitrogen and oxygen atoms in total. The normalized spacial score (nSPS) is 28.4. The highest BCUT2D eigenvalue weighted by Gasteiger charge is 2.44. The number of piperidine rings is 1. The Morgan fingerprint density at radius 1 is 1.18 bits per heavy atom. The van der Waals surface area contributed by atoms with Crippen molar-refractivity contribution < 1.29 is 9.53 Å². The van der Waals surface area contributed by atoms with Crippen LogP contribution in [0.3, 0.4) is 0 Å². The minimum atomic E-state index is -0.136. The van der Waals surface area contributed by atoms with Gasteiger partial charge in [0.2, 0.25) is 0 Å². The standard InChI is InChI=1S/C23H29N3O2/c27-22(20-12-19-6-1-2-7-21(19)24-14-20)26-11-5-8-23(17-26)13-18(16-28-23)15-25-9-3-4-10-25/h1-2,6-7,12,14,18H,3-5,8-11,13,15-17H2/t18-,23+/m1/s1. The highest BCUT2D eigenvalue weighted by molar-refractivity contribution is 5.97. The molecule has 3 fully saturated rings. The van der Waals surface area contributed by atoms with E-state index in [2.05, 4.69) is 9.88 Å². The second-order valence-electron chi connectivity index (χ2n) is 8.82. The maximum absolute atomic E-state index is 13.2. The van der Waals surface area contributed by atoms with Crippen molar-refractivity contribution in [2.75, 3.05) is 39.3 Å². The quantitative estimate of drug-likeness (QED) is 0.821. The summed E-state index contributed by atoms with van der Waals surface area (Å²) in [5, 5.41) is 1.02. The third kappa shape index (κ3) is 3.53. The fraction of sp³-hybridized carbons (Fsp3) is 0.565. The van der Waals surface area contributed by atoms with Crippen molar-refractivity contribution in [2.24, 2.45) is 5.92 Å². The Balaban J connectivity index is 1.27. The summed E-state index contributed by atoms with van der Waals surface area (Å²) < 4.78 is 6.35. The van der Waals surface area contributed by atoms with E-state index in [1.807, 2.05) is 35.2 Å². The van der Waals surface area contributed by atoms with Gasteiger partial charge in [0.1, 0.15) is 0 Å². The largest absolute Gasteiger partial charge is 0.373 e. The fourth-order valence-electron chi connectivity index (χ4n) is 5.31. The summed E-state index contributed by atoms with van der Waals surface area (Å²) in [6.07, 6.45) is 7.56. The van der Waals surface area contributed by atoms with Crippen LogP contribution in [0.15, 0.2) is 36.5 Å². The fourth-order valence-corrected chi connectivity index (χ4v) is 5.31. The van der Waals surface area contributed by atoms with E-state index in [-0.39, 0.29) is 11.5 Å². The lowest BCUT2D eigenvalue weighted by Crippen LogP contribution is -2.50. The number of likely N-dealkylation sites (tertiary alicyclic amines) is 2. The molecule has 1 amide bonds. The minimum absolute atomic E-state index is 0.0870. The Morgan fingerprint density at radius 3 is 2.93 bits per heavy atom. The van der Waals surface area contributed by atoms with E-state index in [0.29, 0.717) is 11.5 Å². The van der Waals surface area contributed by atoms with Crippen molar-refractivity contribution in [3.8, 4) is 0 Å². The van der Waals surface area contributed by atoms with Crippen LogP contribution in [-0.2, 0) is 4.74 Å². The van der Waals surface area contributed by atoms with Gasteiger partial charge < -0.3 is 14.5 Å². The van der Waals surface area contributed by atoms with Gasteiger partial charge in [-0.2, -0.15) is 0 Å². The van der Waals surface area contributed by atoms with E-state index in [9.17, 15) is 4.79 Å². The number of ether oxygens (including phenoxy) is 1. The molecule has 0 radical (unpaired) electrons. The van der Waals surface area contributed by atoms with Crippen LogP contribution in [0, 0.1) is 5.92 Å². The van der Waals surface area contributed by atoms with Crippen LogP contribution in [0.25, 0.3) is 10.9 Å². The lowest BCUT2D eigenvalue weighted by Gasteiger charge is -2.40. The Hall–Kier alpha value is -1.98. The van der Waals surface area contributed by atoms with Gasteiger partial charge in [-0.1, -0.05) is 18.2 Å². The molecule has 0 aliphatic carbocycles. The average molecular weight is 380 g/mol. The number of nitrogens with zero attached hydrogens (tertiary/aromatic N) is 3. The first-order valence-corrected chi connectivity index (χ1v) is 10.7. The molecule has 5 rings (SSSR count). The second kappa shape index (κ2) is 7.45. The maximum Gasteiger partial charge on any atom is 0.255 e. The number of hydrogen-bond acceptors (Lipinski definition) is 4. The van der Waals surface area contributed by atoms with Crippen molar-refractivity contribution in [3.05, 3.63) is 42.1 Å². The van der Waals surface area contributed by atoms with Crippen LogP contribution in [0.4, 0.5) is 0 Å². The van der Waals surface area contributed by atoms with E-state index in [4.69, 9.17) is 4.74 Å². The smallest absolute Gasteiger partial charge is 0.255 e. The number of pyridine rings is 1. The zero-order valence-corrected chi connectivity index (χ0v) is 16.5. The summed E-state index contributed by atoms with van der Waals surface area (Å²) in [7, 11) is 0. The minimum Gasteiger partial charge on any atom is -0.373 e. The molecule has 4 heterocycles. The molecule has 0 saturated carbocycles. The Labute approximate surface area is 166 Å². The van der Waals surface area contributed by atoms with Crippen LogP contribution in [-0.4, -0.2) is 65.6 Å². The van der Waals surface area contributed by atoms with E-state index >= 15 is 0 Å². The predicted molar refractivity (Wildman–Crippen MR) is 109 cm³/mol. The zero-order chi connectivity index (χ0) is 19.0. The third-order valence-electron chi connectivity index (χ3n) is 6.67. The van der Waals surface area contributed by atoms with E-state index in [1.54, 1.807) is 6.20 Å². The van der Waals surface area contributed by atoms with Crippen LogP contribution >= 0.6 is 0 Å². The van der Waals surface area contributed by atoms with Crippen LogP contribution in [0.5, 0.6) is 0 Å². The molecule has 28 heavy (non-hydrogen) atoms. The highest BCUT2D eigenvalue weighted by Crippen LogP contribution is 2.38. The SMILES string of the molecule is O=C(c1cnc2ccccc2c1)N1CCC[C@]2(C[C@H](CN3CCCC3)CO2)C1. The molecular formula is C23H29N3O2. The maximum atomic E-state index is 13.2. The topological polar surface area (TPSA) is 45.7 Å². The molecule has 3 aliphatic heterocycles. The van der Waals surface area contributed by atoms with Gasteiger partial charge in [-0.15, -0.1) is 0 Å². The predicted octanol–water partition coefficient (Wildman–Crippen LogP) is 3.34. The number of hydrogen-bond donors (Lipinski definition) is 0. The molecular weight excluding hydrogens is 350 g/mol. The van der Waals surface area contributed by atoms with Gasteiger partial charge in [0.15, 0.2) is 0 Å². The lowest BCUT2D eigenvalue weighted by molar-refractivity contribution is -0.0450. The van der Waals surface area contributed by atoms with Crippen LogP contribution in [0.2, 0.25) is 0 Å². The Bertz CT molecular complexity index is 864. The van der Waals surface area contributed by atoms with E-state index < -0.39 is 0 Å². The molecule has 3 aliphatic rings. The van der Waals surface area contributed by atoms with Crippen molar-refractivity contribution in [1.82, 2.24) is 14.8 Å². The summed E-state index contributed by atoms with van der Waals surface area (Å²) in [5.74, 6) is 0.694. The lowest BCUT2D eigenvalue weighted by atomic mass is 9.86. The summed E-state index contributed by atoms with van der Waals surface area (Å²) in [6, 6.07) is 9.92. The summed E-state index contributed by atoms with van der Waals surface area (Å²) in [6.45, 7) is 6.01. The van der Waals surface area contributed by atoms with Crippen LogP contribution < -0.4 is 0 Å². The molecule has 1 spiro atoms. The molecule has 2 aromatic rings. The monoisotopic (exact) mass is 379 g/mol. The van der Waals surface area contributed by atoms with E-state index in [1.165, 1.54) is 25.9 Å². The number of fused-ring (bicyclic) bond motifs is 1. The molecule has 1 aromatic carbocycles. The number of rotatable bonds is 3. The first kappa shape index (κ1) is 18.1. The van der Waals surface area contributed by atoms with Gasteiger partial charge in [-0.05, 0) is 63.2 Å². The summed E-state index contributed by atoms with van der Waals surface area (Å²) in [5.41, 5.74) is 1.48. The number of amides is 1. The Kier molecular flexibility index (Phi) is 4.81. The molecule has 1 aromatic heterocycles. The first-order chi connectivity index (χ1) is 13.7. The number of para-hydroxylation sites is 1. The molecule has 2 atom stereocenters. The van der Waals surface area contributed by atoms with Crippen molar-refractivity contribution in [3.63, 3.8) is 0 Å². The van der Waals surface area contributed by atoms with Crippen LogP contribution in [0.1, 0.15) is 42.5 Å². The zero-order valence-electron chi connectivity index (χ0n) is 16.5. The Morgan fingerprint density at radius 2 is 2.04 bits per heavy atom. The van der Waals surface area contributed by atoms with Gasteiger partial charge in [0.25, 0.3) is 5.91 Å². The second-order valence-corrected chi connectivity index (χ2v) is 8.82. The van der Waals surface area contributed by atoms with Gasteiger partial charge >= 0.3 is 0 Å². The molecule has 0 bridgehead atoms. The number of benzene rings is 1. The molecule has 148 valence electrons. The summed E-state index contributed by atoms with van der Waals surface area (Å²) >= 11 is 0. The van der Waals surface area contributed by atoms with Gasteiger partial charge in [-0.25, -0.2) is 0 Å². The number of carbonyl (C=O) groups is 1. The third-order valence-corrected chi connectivity index (χ3v) is 6.67. The molecule has 3 saturated heterocycles. The highest BCUT2D eigenvalue weighted by atomic mass is 16.5. The number of aromatic nitrogens is 1. The van der Waals surface area contributed by atoms with Gasteiger partial charge in [0.05, 0.1) is 23.3 Å².